The molecule has 6 heteroatoms. The van der Waals surface area contributed by atoms with Gasteiger partial charge in [0.05, 0.1) is 0 Å². The van der Waals surface area contributed by atoms with Gasteiger partial charge in [0.25, 0.3) is 0 Å². The molecule has 0 aliphatic carbocycles. The summed E-state index contributed by atoms with van der Waals surface area (Å²) in [6, 6.07) is 0.744. The zero-order chi connectivity index (χ0) is 14.6. The number of hydrogen-bond acceptors (Lipinski definition) is 3. The minimum absolute atomic E-state index is 0. The monoisotopic (exact) mass is 412 g/mol. The first-order valence-corrected chi connectivity index (χ1v) is 8.09. The van der Waals surface area contributed by atoms with E-state index < -0.39 is 0 Å². The van der Waals surface area contributed by atoms with Crippen LogP contribution < -0.4 is 11.1 Å². The summed E-state index contributed by atoms with van der Waals surface area (Å²) in [4.78, 5) is 6.87. The van der Waals surface area contributed by atoms with E-state index in [9.17, 15) is 0 Å². The lowest BCUT2D eigenvalue weighted by atomic mass is 10.0. The van der Waals surface area contributed by atoms with Crippen LogP contribution in [-0.4, -0.2) is 56.3 Å². The van der Waals surface area contributed by atoms with Crippen LogP contribution in [0.5, 0.6) is 0 Å². The van der Waals surface area contributed by atoms with E-state index >= 15 is 0 Å². The Morgan fingerprint density at radius 2 is 2.19 bits per heavy atom. The predicted octanol–water partition coefficient (Wildman–Crippen LogP) is 2.20. The number of nitrogens with one attached hydrogen (secondary N) is 1. The number of nitrogens with two attached hydrogens (primary N) is 1. The maximum atomic E-state index is 5.82. The zero-order valence-corrected chi connectivity index (χ0v) is 16.0. The number of hydrogen-bond donors (Lipinski definition) is 2. The predicted molar refractivity (Wildman–Crippen MR) is 101 cm³/mol. The number of aliphatic imine (C=N–C) groups is 1. The first-order valence-electron chi connectivity index (χ1n) is 8.09. The van der Waals surface area contributed by atoms with Gasteiger partial charge in [0, 0.05) is 38.9 Å². The summed E-state index contributed by atoms with van der Waals surface area (Å²) >= 11 is 0. The van der Waals surface area contributed by atoms with E-state index in [0.29, 0.717) is 5.96 Å². The van der Waals surface area contributed by atoms with Crippen molar-refractivity contribution in [2.75, 3.05) is 39.4 Å². The lowest BCUT2D eigenvalue weighted by molar-refractivity contribution is 0.146. The average Bonchev–Trinajstić information content (AvgIpc) is 2.45. The molecule has 0 aromatic heterocycles. The molecule has 3 N–H and O–H groups in total. The molecule has 1 heterocycles. The molecule has 0 aromatic rings. The van der Waals surface area contributed by atoms with Gasteiger partial charge in [-0.05, 0) is 46.1 Å². The summed E-state index contributed by atoms with van der Waals surface area (Å²) in [5.41, 5.74) is 5.82. The number of guanidine groups is 1. The Morgan fingerprint density at radius 1 is 1.38 bits per heavy atom. The zero-order valence-electron chi connectivity index (χ0n) is 13.6. The van der Waals surface area contributed by atoms with Crippen LogP contribution in [0, 0.1) is 0 Å². The highest BCUT2D eigenvalue weighted by molar-refractivity contribution is 14.0. The van der Waals surface area contributed by atoms with Crippen molar-refractivity contribution in [3.8, 4) is 0 Å². The number of ether oxygens (including phenoxy) is 1. The maximum absolute atomic E-state index is 5.82. The average molecular weight is 412 g/mol. The van der Waals surface area contributed by atoms with Gasteiger partial charge in [0.1, 0.15) is 0 Å². The van der Waals surface area contributed by atoms with Gasteiger partial charge in [-0.15, -0.1) is 24.0 Å². The van der Waals surface area contributed by atoms with Crippen molar-refractivity contribution in [2.24, 2.45) is 10.7 Å². The van der Waals surface area contributed by atoms with Crippen molar-refractivity contribution >= 4 is 29.9 Å². The van der Waals surface area contributed by atoms with Crippen molar-refractivity contribution in [1.29, 1.82) is 0 Å². The molecule has 1 atom stereocenters. The smallest absolute Gasteiger partial charge is 0.188 e. The van der Waals surface area contributed by atoms with Gasteiger partial charge in [0.15, 0.2) is 5.96 Å². The molecule has 0 amide bonds. The van der Waals surface area contributed by atoms with E-state index in [4.69, 9.17) is 10.5 Å². The van der Waals surface area contributed by atoms with Crippen LogP contribution in [0.1, 0.15) is 46.0 Å². The largest absolute Gasteiger partial charge is 0.382 e. The molecule has 1 aliphatic rings. The van der Waals surface area contributed by atoms with Gasteiger partial charge in [0.2, 0.25) is 0 Å². The summed E-state index contributed by atoms with van der Waals surface area (Å²) in [7, 11) is 0. The number of likely N-dealkylation sites (tertiary alicyclic amines) is 1. The molecule has 0 saturated carbocycles. The van der Waals surface area contributed by atoms with Gasteiger partial charge in [-0.25, -0.2) is 0 Å². The molecule has 0 spiro atoms. The molecular weight excluding hydrogens is 379 g/mol. The summed E-state index contributed by atoms with van der Waals surface area (Å²) in [5.74, 6) is 0.563. The molecule has 1 aliphatic heterocycles. The number of rotatable bonds is 9. The SMILES string of the molecule is CCOCCCN=C(N)NCCCN1CCCCC1C.I. The highest BCUT2D eigenvalue weighted by Gasteiger charge is 2.16. The lowest BCUT2D eigenvalue weighted by Gasteiger charge is -2.33. The second kappa shape index (κ2) is 13.6. The van der Waals surface area contributed by atoms with Crippen LogP contribution >= 0.6 is 24.0 Å². The van der Waals surface area contributed by atoms with Crippen molar-refractivity contribution in [3.05, 3.63) is 0 Å². The Bertz CT molecular complexity index is 276. The Kier molecular flexibility index (Phi) is 13.5. The standard InChI is InChI=1S/C15H32N4O.HI/c1-3-20-13-7-10-18-15(16)17-9-6-12-19-11-5-4-8-14(19)2;/h14H,3-13H2,1-2H3,(H3,16,17,18);1H. The van der Waals surface area contributed by atoms with E-state index in [2.05, 4.69) is 22.1 Å². The molecule has 21 heavy (non-hydrogen) atoms. The molecular formula is C15H33IN4O. The summed E-state index contributed by atoms with van der Waals surface area (Å²) in [5, 5.41) is 3.19. The number of piperidine rings is 1. The Hall–Kier alpha value is -0.0800. The Morgan fingerprint density at radius 3 is 2.90 bits per heavy atom. The first-order chi connectivity index (χ1) is 9.74. The van der Waals surface area contributed by atoms with Crippen molar-refractivity contribution < 1.29 is 4.74 Å². The van der Waals surface area contributed by atoms with Crippen LogP contribution in [0.15, 0.2) is 4.99 Å². The third-order valence-corrected chi connectivity index (χ3v) is 3.80. The van der Waals surface area contributed by atoms with E-state index in [1.165, 1.54) is 25.8 Å². The molecule has 0 bridgehead atoms. The molecule has 5 nitrogen and oxygen atoms in total. The van der Waals surface area contributed by atoms with E-state index in [1.54, 1.807) is 0 Å². The van der Waals surface area contributed by atoms with Crippen molar-refractivity contribution in [2.45, 2.75) is 52.0 Å². The van der Waals surface area contributed by atoms with E-state index in [1.807, 2.05) is 6.92 Å². The lowest BCUT2D eigenvalue weighted by Crippen LogP contribution is -2.40. The van der Waals surface area contributed by atoms with Crippen molar-refractivity contribution in [3.63, 3.8) is 0 Å². The fourth-order valence-electron chi connectivity index (χ4n) is 2.55. The van der Waals surface area contributed by atoms with E-state index in [0.717, 1.165) is 51.7 Å². The molecule has 1 rings (SSSR count). The maximum Gasteiger partial charge on any atom is 0.188 e. The minimum atomic E-state index is 0. The molecule has 126 valence electrons. The fraction of sp³-hybridized carbons (Fsp3) is 0.933. The Balaban J connectivity index is 0.00000400. The fourth-order valence-corrected chi connectivity index (χ4v) is 2.55. The highest BCUT2D eigenvalue weighted by Crippen LogP contribution is 2.15. The second-order valence-corrected chi connectivity index (χ2v) is 5.48. The van der Waals surface area contributed by atoms with Gasteiger partial charge < -0.3 is 20.7 Å². The molecule has 1 saturated heterocycles. The van der Waals surface area contributed by atoms with Crippen LogP contribution in [0.25, 0.3) is 0 Å². The van der Waals surface area contributed by atoms with Crippen LogP contribution in [-0.2, 0) is 4.74 Å². The summed E-state index contributed by atoms with van der Waals surface area (Å²) in [6.45, 7) is 9.93. The summed E-state index contributed by atoms with van der Waals surface area (Å²) in [6.07, 6.45) is 6.14. The van der Waals surface area contributed by atoms with Gasteiger partial charge in [-0.1, -0.05) is 6.42 Å². The minimum Gasteiger partial charge on any atom is -0.382 e. The highest BCUT2D eigenvalue weighted by atomic mass is 127. The van der Waals surface area contributed by atoms with Crippen LogP contribution in [0.3, 0.4) is 0 Å². The Labute approximate surface area is 147 Å². The van der Waals surface area contributed by atoms with E-state index in [-0.39, 0.29) is 24.0 Å². The molecule has 1 fully saturated rings. The molecule has 0 radical (unpaired) electrons. The second-order valence-electron chi connectivity index (χ2n) is 5.48. The first kappa shape index (κ1) is 20.9. The number of nitrogens with zero attached hydrogens (tertiary/aromatic N) is 2. The number of halogens is 1. The molecule has 1 unspecified atom stereocenters. The van der Waals surface area contributed by atoms with Crippen LogP contribution in [0.2, 0.25) is 0 Å². The van der Waals surface area contributed by atoms with Crippen molar-refractivity contribution in [1.82, 2.24) is 10.2 Å². The van der Waals surface area contributed by atoms with Gasteiger partial charge in [-0.2, -0.15) is 0 Å². The third-order valence-electron chi connectivity index (χ3n) is 3.80. The normalized spacial score (nSPS) is 20.1. The summed E-state index contributed by atoms with van der Waals surface area (Å²) < 4.78 is 5.26. The quantitative estimate of drug-likeness (QED) is 0.264. The third kappa shape index (κ3) is 10.3. The van der Waals surface area contributed by atoms with Gasteiger partial charge >= 0.3 is 0 Å². The van der Waals surface area contributed by atoms with Crippen LogP contribution in [0.4, 0.5) is 0 Å². The van der Waals surface area contributed by atoms with Gasteiger partial charge in [-0.3, -0.25) is 4.99 Å². The molecule has 0 aromatic carbocycles. The topological polar surface area (TPSA) is 62.9 Å².